The van der Waals surface area contributed by atoms with Gasteiger partial charge in [0.25, 0.3) is 0 Å². The number of hydrogen-bond donors (Lipinski definition) is 1. The maximum atomic E-state index is 12.0. The average Bonchev–Trinajstić information content (AvgIpc) is 2.35. The van der Waals surface area contributed by atoms with Crippen LogP contribution in [-0.4, -0.2) is 45.7 Å². The Kier molecular flexibility index (Phi) is 3.76. The maximum absolute atomic E-state index is 12.0. The lowest BCUT2D eigenvalue weighted by Gasteiger charge is -2.26. The molecule has 0 spiro atoms. The fourth-order valence-electron chi connectivity index (χ4n) is 1.95. The highest BCUT2D eigenvalue weighted by Crippen LogP contribution is 2.06. The Bertz CT molecular complexity index is 599. The number of rotatable bonds is 3. The van der Waals surface area contributed by atoms with Crippen LogP contribution in [-0.2, 0) is 11.4 Å². The summed E-state index contributed by atoms with van der Waals surface area (Å²) in [7, 11) is 0. The second-order valence-electron chi connectivity index (χ2n) is 4.27. The summed E-state index contributed by atoms with van der Waals surface area (Å²) >= 11 is 0. The second-order valence-corrected chi connectivity index (χ2v) is 4.27. The smallest absolute Gasteiger partial charge is 0.353 e. The molecule has 0 atom stereocenters. The zero-order chi connectivity index (χ0) is 14.0. The Morgan fingerprint density at radius 1 is 1.37 bits per heavy atom. The van der Waals surface area contributed by atoms with Crippen LogP contribution in [0.2, 0.25) is 0 Å². The van der Waals surface area contributed by atoms with Crippen LogP contribution in [0, 0.1) is 17.0 Å². The summed E-state index contributed by atoms with van der Waals surface area (Å²) in [5.41, 5.74) is -2.14. The van der Waals surface area contributed by atoms with E-state index in [0.717, 1.165) is 4.57 Å². The van der Waals surface area contributed by atoms with Gasteiger partial charge in [-0.2, -0.15) is 0 Å². The normalized spacial score (nSPS) is 16.5. The van der Waals surface area contributed by atoms with Crippen molar-refractivity contribution in [3.05, 3.63) is 36.6 Å². The van der Waals surface area contributed by atoms with Gasteiger partial charge in [-0.3, -0.25) is 19.8 Å². The number of aryl methyl sites for hydroxylation is 1. The van der Waals surface area contributed by atoms with Gasteiger partial charge >= 0.3 is 16.9 Å². The van der Waals surface area contributed by atoms with E-state index in [2.05, 4.69) is 4.98 Å². The van der Waals surface area contributed by atoms with Crippen LogP contribution in [0.4, 0.5) is 5.69 Å². The van der Waals surface area contributed by atoms with E-state index in [9.17, 15) is 19.7 Å². The van der Waals surface area contributed by atoms with Gasteiger partial charge in [0.2, 0.25) is 0 Å². The SMILES string of the molecule is Cc1[nH]c(=O)n(CN2CCOCC2)c(=O)c1[N+](=O)[O-]. The number of nitro groups is 1. The van der Waals surface area contributed by atoms with Crippen molar-refractivity contribution < 1.29 is 9.66 Å². The summed E-state index contributed by atoms with van der Waals surface area (Å²) in [6, 6.07) is 0. The van der Waals surface area contributed by atoms with E-state index in [1.165, 1.54) is 6.92 Å². The van der Waals surface area contributed by atoms with Crippen LogP contribution < -0.4 is 11.2 Å². The van der Waals surface area contributed by atoms with Gasteiger partial charge in [0.15, 0.2) is 0 Å². The van der Waals surface area contributed by atoms with Gasteiger partial charge in [0.05, 0.1) is 24.8 Å². The number of ether oxygens (including phenoxy) is 1. The molecule has 2 rings (SSSR count). The van der Waals surface area contributed by atoms with Gasteiger partial charge < -0.3 is 9.72 Å². The minimum absolute atomic E-state index is 0.0264. The van der Waals surface area contributed by atoms with E-state index >= 15 is 0 Å². The first-order valence-electron chi connectivity index (χ1n) is 5.79. The molecule has 9 nitrogen and oxygen atoms in total. The first kappa shape index (κ1) is 13.4. The number of nitrogens with zero attached hydrogens (tertiary/aromatic N) is 3. The minimum atomic E-state index is -0.877. The quantitative estimate of drug-likeness (QED) is 0.559. The third-order valence-corrected chi connectivity index (χ3v) is 2.97. The van der Waals surface area contributed by atoms with Gasteiger partial charge in [0, 0.05) is 13.1 Å². The highest BCUT2D eigenvalue weighted by Gasteiger charge is 2.22. The molecule has 1 N–H and O–H groups in total. The number of morpholine rings is 1. The molecule has 19 heavy (non-hydrogen) atoms. The Morgan fingerprint density at radius 3 is 2.58 bits per heavy atom. The van der Waals surface area contributed by atoms with E-state index in [1.807, 2.05) is 4.90 Å². The summed E-state index contributed by atoms with van der Waals surface area (Å²) < 4.78 is 6.00. The van der Waals surface area contributed by atoms with E-state index < -0.39 is 21.9 Å². The topological polar surface area (TPSA) is 110 Å². The summed E-state index contributed by atoms with van der Waals surface area (Å²) in [6.45, 7) is 3.54. The van der Waals surface area contributed by atoms with Crippen molar-refractivity contribution in [3.8, 4) is 0 Å². The third kappa shape index (κ3) is 2.71. The van der Waals surface area contributed by atoms with Gasteiger partial charge in [-0.25, -0.2) is 9.36 Å². The van der Waals surface area contributed by atoms with Crippen molar-refractivity contribution in [2.24, 2.45) is 0 Å². The van der Waals surface area contributed by atoms with Crippen LogP contribution in [0.15, 0.2) is 9.59 Å². The largest absolute Gasteiger partial charge is 0.379 e. The Hall–Kier alpha value is -2.00. The first-order chi connectivity index (χ1) is 9.00. The predicted octanol–water partition coefficient (Wildman–Crippen LogP) is -0.957. The highest BCUT2D eigenvalue weighted by atomic mass is 16.6. The van der Waals surface area contributed by atoms with Crippen LogP contribution in [0.25, 0.3) is 0 Å². The molecule has 1 aromatic rings. The summed E-state index contributed by atoms with van der Waals surface area (Å²) in [5, 5.41) is 10.8. The van der Waals surface area contributed by atoms with Crippen molar-refractivity contribution in [1.29, 1.82) is 0 Å². The molecule has 1 aliphatic heterocycles. The van der Waals surface area contributed by atoms with Crippen molar-refractivity contribution in [3.63, 3.8) is 0 Å². The molecule has 0 radical (unpaired) electrons. The van der Waals surface area contributed by atoms with Gasteiger partial charge in [-0.15, -0.1) is 0 Å². The van der Waals surface area contributed by atoms with Gasteiger partial charge in [0.1, 0.15) is 5.69 Å². The van der Waals surface area contributed by atoms with E-state index in [4.69, 9.17) is 4.74 Å². The third-order valence-electron chi connectivity index (χ3n) is 2.97. The zero-order valence-electron chi connectivity index (χ0n) is 10.4. The molecule has 1 saturated heterocycles. The van der Waals surface area contributed by atoms with Gasteiger partial charge in [-0.1, -0.05) is 0 Å². The first-order valence-corrected chi connectivity index (χ1v) is 5.79. The summed E-state index contributed by atoms with van der Waals surface area (Å²) in [5.74, 6) is 0. The average molecular weight is 270 g/mol. The molecule has 0 unspecified atom stereocenters. The van der Waals surface area contributed by atoms with Crippen LogP contribution >= 0.6 is 0 Å². The predicted molar refractivity (Wildman–Crippen MR) is 65.1 cm³/mol. The number of aromatic nitrogens is 2. The minimum Gasteiger partial charge on any atom is -0.379 e. The van der Waals surface area contributed by atoms with E-state index in [1.54, 1.807) is 0 Å². The number of hydrogen-bond acceptors (Lipinski definition) is 6. The second kappa shape index (κ2) is 5.33. The van der Waals surface area contributed by atoms with Crippen LogP contribution in [0.5, 0.6) is 0 Å². The lowest BCUT2D eigenvalue weighted by atomic mass is 10.4. The lowest BCUT2D eigenvalue weighted by Crippen LogP contribution is -2.45. The highest BCUT2D eigenvalue weighted by molar-refractivity contribution is 5.30. The fraction of sp³-hybridized carbons (Fsp3) is 0.600. The molecule has 0 amide bonds. The summed E-state index contributed by atoms with van der Waals surface area (Å²) in [6.07, 6.45) is 0. The number of nitrogens with one attached hydrogen (secondary N) is 1. The molecule has 1 aliphatic rings. The molecule has 2 heterocycles. The maximum Gasteiger partial charge on any atom is 0.353 e. The van der Waals surface area contributed by atoms with Crippen molar-refractivity contribution >= 4 is 5.69 Å². The monoisotopic (exact) mass is 270 g/mol. The Labute approximate surface area is 107 Å². The fourth-order valence-corrected chi connectivity index (χ4v) is 1.95. The molecular formula is C10H14N4O5. The summed E-state index contributed by atoms with van der Waals surface area (Å²) in [4.78, 5) is 37.9. The molecule has 104 valence electrons. The van der Waals surface area contributed by atoms with Crippen LogP contribution in [0.3, 0.4) is 0 Å². The zero-order valence-corrected chi connectivity index (χ0v) is 10.4. The van der Waals surface area contributed by atoms with E-state index in [-0.39, 0.29) is 12.4 Å². The molecule has 9 heteroatoms. The standard InChI is InChI=1S/C10H14N4O5/c1-7-8(14(17)18)9(15)13(10(16)11-7)6-12-2-4-19-5-3-12/h2-6H2,1H3,(H,11,16). The van der Waals surface area contributed by atoms with Crippen molar-refractivity contribution in [2.75, 3.05) is 26.3 Å². The molecule has 0 aromatic carbocycles. The Morgan fingerprint density at radius 2 is 2.00 bits per heavy atom. The number of H-pyrrole nitrogens is 1. The lowest BCUT2D eigenvalue weighted by molar-refractivity contribution is -0.387. The molecule has 0 bridgehead atoms. The van der Waals surface area contributed by atoms with Gasteiger partial charge in [-0.05, 0) is 6.92 Å². The van der Waals surface area contributed by atoms with Crippen molar-refractivity contribution in [1.82, 2.24) is 14.5 Å². The molecule has 0 saturated carbocycles. The Balaban J connectivity index is 2.39. The van der Waals surface area contributed by atoms with E-state index in [0.29, 0.717) is 26.3 Å². The van der Waals surface area contributed by atoms with Crippen LogP contribution in [0.1, 0.15) is 5.69 Å². The van der Waals surface area contributed by atoms with Crippen molar-refractivity contribution in [2.45, 2.75) is 13.6 Å². The molecular weight excluding hydrogens is 256 g/mol. The number of aromatic amines is 1. The molecule has 0 aliphatic carbocycles. The molecule has 1 fully saturated rings. The molecule has 1 aromatic heterocycles.